The average molecular weight is 288 g/mol. The summed E-state index contributed by atoms with van der Waals surface area (Å²) in [5.41, 5.74) is 2.90. The SMILES string of the molecule is CCCC1CNC(CC)CN1Cc1ccc(C(C)C)cc1. The fourth-order valence-electron chi connectivity index (χ4n) is 3.26. The van der Waals surface area contributed by atoms with Gasteiger partial charge in [0, 0.05) is 31.7 Å². The molecule has 1 aliphatic rings. The maximum atomic E-state index is 3.70. The van der Waals surface area contributed by atoms with Crippen molar-refractivity contribution in [2.24, 2.45) is 0 Å². The quantitative estimate of drug-likeness (QED) is 0.845. The molecule has 1 aromatic rings. The highest BCUT2D eigenvalue weighted by atomic mass is 15.2. The first-order valence-electron chi connectivity index (χ1n) is 8.70. The van der Waals surface area contributed by atoms with Gasteiger partial charge in [-0.25, -0.2) is 0 Å². The summed E-state index contributed by atoms with van der Waals surface area (Å²) in [5.74, 6) is 0.621. The molecule has 1 heterocycles. The summed E-state index contributed by atoms with van der Waals surface area (Å²) in [6, 6.07) is 10.6. The predicted octanol–water partition coefficient (Wildman–Crippen LogP) is 4.16. The van der Waals surface area contributed by atoms with E-state index in [1.165, 1.54) is 36.9 Å². The van der Waals surface area contributed by atoms with Gasteiger partial charge in [0.2, 0.25) is 0 Å². The third-order valence-electron chi connectivity index (χ3n) is 4.76. The molecule has 0 amide bonds. The van der Waals surface area contributed by atoms with Crippen LogP contribution in [0.25, 0.3) is 0 Å². The Morgan fingerprint density at radius 2 is 1.90 bits per heavy atom. The Morgan fingerprint density at radius 3 is 2.48 bits per heavy atom. The van der Waals surface area contributed by atoms with Crippen LogP contribution in [-0.4, -0.2) is 30.1 Å². The van der Waals surface area contributed by atoms with Crippen molar-refractivity contribution in [2.45, 2.75) is 71.5 Å². The zero-order valence-electron chi connectivity index (χ0n) is 14.2. The summed E-state index contributed by atoms with van der Waals surface area (Å²) >= 11 is 0. The Morgan fingerprint density at radius 1 is 1.19 bits per heavy atom. The van der Waals surface area contributed by atoms with Gasteiger partial charge >= 0.3 is 0 Å². The molecule has 1 aliphatic heterocycles. The molecule has 0 aromatic heterocycles. The van der Waals surface area contributed by atoms with Crippen molar-refractivity contribution in [3.63, 3.8) is 0 Å². The van der Waals surface area contributed by atoms with Gasteiger partial charge in [0.05, 0.1) is 0 Å². The summed E-state index contributed by atoms with van der Waals surface area (Å²) in [6.45, 7) is 12.5. The minimum atomic E-state index is 0.621. The van der Waals surface area contributed by atoms with Gasteiger partial charge in [0.25, 0.3) is 0 Å². The zero-order chi connectivity index (χ0) is 15.2. The number of piperazine rings is 1. The van der Waals surface area contributed by atoms with Crippen LogP contribution in [0, 0.1) is 0 Å². The van der Waals surface area contributed by atoms with Crippen molar-refractivity contribution < 1.29 is 0 Å². The van der Waals surface area contributed by atoms with Gasteiger partial charge in [-0.15, -0.1) is 0 Å². The molecule has 1 fully saturated rings. The molecule has 2 atom stereocenters. The van der Waals surface area contributed by atoms with Crippen LogP contribution in [0.5, 0.6) is 0 Å². The lowest BCUT2D eigenvalue weighted by Gasteiger charge is -2.40. The molecule has 2 heteroatoms. The second kappa shape index (κ2) is 7.95. The standard InChI is InChI=1S/C19H32N2/c1-5-7-19-12-20-18(6-2)14-21(19)13-16-8-10-17(11-9-16)15(3)4/h8-11,15,18-20H,5-7,12-14H2,1-4H3. The van der Waals surface area contributed by atoms with Crippen LogP contribution < -0.4 is 5.32 Å². The molecule has 0 spiro atoms. The van der Waals surface area contributed by atoms with Crippen molar-refractivity contribution in [1.29, 1.82) is 0 Å². The first kappa shape index (κ1) is 16.5. The Bertz CT molecular complexity index is 410. The number of rotatable bonds is 6. The lowest BCUT2D eigenvalue weighted by molar-refractivity contribution is 0.113. The highest BCUT2D eigenvalue weighted by molar-refractivity contribution is 5.24. The van der Waals surface area contributed by atoms with Crippen molar-refractivity contribution in [3.8, 4) is 0 Å². The van der Waals surface area contributed by atoms with Crippen LogP contribution in [-0.2, 0) is 6.54 Å². The molecule has 1 N–H and O–H groups in total. The van der Waals surface area contributed by atoms with E-state index in [2.05, 4.69) is 62.2 Å². The van der Waals surface area contributed by atoms with Crippen LogP contribution >= 0.6 is 0 Å². The van der Waals surface area contributed by atoms with Gasteiger partial charge in [-0.05, 0) is 29.9 Å². The van der Waals surface area contributed by atoms with E-state index in [1.54, 1.807) is 0 Å². The van der Waals surface area contributed by atoms with Crippen LogP contribution in [0.15, 0.2) is 24.3 Å². The van der Waals surface area contributed by atoms with Crippen molar-refractivity contribution in [2.75, 3.05) is 13.1 Å². The molecule has 21 heavy (non-hydrogen) atoms. The van der Waals surface area contributed by atoms with E-state index in [0.717, 1.165) is 13.1 Å². The molecule has 0 aliphatic carbocycles. The first-order valence-corrected chi connectivity index (χ1v) is 8.70. The van der Waals surface area contributed by atoms with Gasteiger partial charge in [0.15, 0.2) is 0 Å². The minimum absolute atomic E-state index is 0.621. The Kier molecular flexibility index (Phi) is 6.25. The van der Waals surface area contributed by atoms with Crippen LogP contribution in [0.1, 0.15) is 64.0 Å². The van der Waals surface area contributed by atoms with E-state index >= 15 is 0 Å². The third-order valence-corrected chi connectivity index (χ3v) is 4.76. The van der Waals surface area contributed by atoms with E-state index in [-0.39, 0.29) is 0 Å². The molecule has 2 rings (SSSR count). The normalized spacial score (nSPS) is 23.7. The molecule has 1 saturated heterocycles. The second-order valence-corrected chi connectivity index (χ2v) is 6.78. The third kappa shape index (κ3) is 4.55. The zero-order valence-corrected chi connectivity index (χ0v) is 14.2. The maximum Gasteiger partial charge on any atom is 0.0237 e. The summed E-state index contributed by atoms with van der Waals surface area (Å²) in [6.07, 6.45) is 3.79. The summed E-state index contributed by atoms with van der Waals surface area (Å²) in [4.78, 5) is 2.69. The van der Waals surface area contributed by atoms with E-state index in [9.17, 15) is 0 Å². The molecular formula is C19H32N2. The largest absolute Gasteiger partial charge is 0.311 e. The van der Waals surface area contributed by atoms with E-state index in [1.807, 2.05) is 0 Å². The fraction of sp³-hybridized carbons (Fsp3) is 0.684. The fourth-order valence-corrected chi connectivity index (χ4v) is 3.26. The van der Waals surface area contributed by atoms with Crippen molar-refractivity contribution >= 4 is 0 Å². The number of hydrogen-bond acceptors (Lipinski definition) is 2. The van der Waals surface area contributed by atoms with Crippen LogP contribution in [0.4, 0.5) is 0 Å². The Balaban J connectivity index is 2.02. The average Bonchev–Trinajstić information content (AvgIpc) is 2.49. The van der Waals surface area contributed by atoms with Crippen LogP contribution in [0.2, 0.25) is 0 Å². The van der Waals surface area contributed by atoms with Gasteiger partial charge in [0.1, 0.15) is 0 Å². The molecule has 2 nitrogen and oxygen atoms in total. The summed E-state index contributed by atoms with van der Waals surface area (Å²) in [7, 11) is 0. The highest BCUT2D eigenvalue weighted by Gasteiger charge is 2.26. The molecular weight excluding hydrogens is 256 g/mol. The number of hydrogen-bond donors (Lipinski definition) is 1. The lowest BCUT2D eigenvalue weighted by atomic mass is 10.00. The van der Waals surface area contributed by atoms with Crippen molar-refractivity contribution in [3.05, 3.63) is 35.4 Å². The minimum Gasteiger partial charge on any atom is -0.311 e. The highest BCUT2D eigenvalue weighted by Crippen LogP contribution is 2.19. The van der Waals surface area contributed by atoms with E-state index in [0.29, 0.717) is 18.0 Å². The van der Waals surface area contributed by atoms with Gasteiger partial charge in [-0.3, -0.25) is 4.90 Å². The molecule has 2 unspecified atom stereocenters. The number of benzene rings is 1. The smallest absolute Gasteiger partial charge is 0.0237 e. The second-order valence-electron chi connectivity index (χ2n) is 6.78. The Hall–Kier alpha value is -0.860. The topological polar surface area (TPSA) is 15.3 Å². The molecule has 0 radical (unpaired) electrons. The lowest BCUT2D eigenvalue weighted by Crippen LogP contribution is -2.55. The maximum absolute atomic E-state index is 3.70. The monoisotopic (exact) mass is 288 g/mol. The van der Waals surface area contributed by atoms with E-state index < -0.39 is 0 Å². The molecule has 1 aromatic carbocycles. The molecule has 0 bridgehead atoms. The van der Waals surface area contributed by atoms with Gasteiger partial charge in [-0.2, -0.15) is 0 Å². The molecule has 118 valence electrons. The van der Waals surface area contributed by atoms with Gasteiger partial charge in [-0.1, -0.05) is 58.4 Å². The van der Waals surface area contributed by atoms with Gasteiger partial charge < -0.3 is 5.32 Å². The summed E-state index contributed by atoms with van der Waals surface area (Å²) < 4.78 is 0. The van der Waals surface area contributed by atoms with Crippen LogP contribution in [0.3, 0.4) is 0 Å². The first-order chi connectivity index (χ1) is 10.1. The number of nitrogens with one attached hydrogen (secondary N) is 1. The number of nitrogens with zero attached hydrogens (tertiary/aromatic N) is 1. The van der Waals surface area contributed by atoms with E-state index in [4.69, 9.17) is 0 Å². The summed E-state index contributed by atoms with van der Waals surface area (Å²) in [5, 5.41) is 3.70. The predicted molar refractivity (Wildman–Crippen MR) is 91.7 cm³/mol. The van der Waals surface area contributed by atoms with Crippen molar-refractivity contribution in [1.82, 2.24) is 10.2 Å². The molecule has 0 saturated carbocycles. The Labute approximate surface area is 130 Å².